The molecule has 1 amide bonds. The predicted molar refractivity (Wildman–Crippen MR) is 111 cm³/mol. The first-order chi connectivity index (χ1) is 13.1. The molecule has 0 radical (unpaired) electrons. The molecule has 0 aliphatic rings. The number of amides is 1. The van der Waals surface area contributed by atoms with Crippen LogP contribution in [0, 0.1) is 0 Å². The molecule has 0 atom stereocenters. The second-order valence-electron chi connectivity index (χ2n) is 5.85. The number of fused-ring (bicyclic) bond motifs is 1. The molecule has 5 nitrogen and oxygen atoms in total. The third kappa shape index (κ3) is 3.90. The van der Waals surface area contributed by atoms with Crippen LogP contribution in [0.4, 0.5) is 0 Å². The summed E-state index contributed by atoms with van der Waals surface area (Å²) in [6, 6.07) is 14.8. The summed E-state index contributed by atoms with van der Waals surface area (Å²) >= 11 is 10.9. The van der Waals surface area contributed by atoms with Crippen molar-refractivity contribution in [3.8, 4) is 11.4 Å². The number of nitrogens with zero attached hydrogens (tertiary/aromatic N) is 3. The van der Waals surface area contributed by atoms with E-state index in [1.165, 1.54) is 11.3 Å². The maximum Gasteiger partial charge on any atom is 0.252 e. The lowest BCUT2D eigenvalue weighted by Gasteiger charge is -2.06. The quantitative estimate of drug-likeness (QED) is 0.462. The van der Waals surface area contributed by atoms with E-state index < -0.39 is 0 Å². The van der Waals surface area contributed by atoms with Crippen molar-refractivity contribution in [1.82, 2.24) is 19.9 Å². The Morgan fingerprint density at radius 1 is 1.19 bits per heavy atom. The van der Waals surface area contributed by atoms with E-state index in [1.54, 1.807) is 6.07 Å². The van der Waals surface area contributed by atoms with Crippen molar-refractivity contribution in [2.24, 2.45) is 0 Å². The molecule has 2 aromatic carbocycles. The molecule has 8 heteroatoms. The van der Waals surface area contributed by atoms with Gasteiger partial charge in [0.25, 0.3) is 5.91 Å². The number of halogens is 2. The van der Waals surface area contributed by atoms with E-state index in [4.69, 9.17) is 11.6 Å². The summed E-state index contributed by atoms with van der Waals surface area (Å²) in [6.45, 7) is 0.516. The number of rotatable bonds is 5. The van der Waals surface area contributed by atoms with Crippen LogP contribution >= 0.6 is 38.9 Å². The molecule has 0 unspecified atom stereocenters. The van der Waals surface area contributed by atoms with Crippen molar-refractivity contribution >= 4 is 49.7 Å². The monoisotopic (exact) mass is 460 g/mol. The maximum atomic E-state index is 12.3. The maximum absolute atomic E-state index is 12.3. The van der Waals surface area contributed by atoms with Crippen LogP contribution < -0.4 is 5.32 Å². The number of benzene rings is 2. The third-order valence-corrected chi connectivity index (χ3v) is 5.85. The SMILES string of the molecule is O=C(NCCc1csc2nc(-c3ccc(Cl)cc3)nn12)c1ccccc1Br. The van der Waals surface area contributed by atoms with Crippen LogP contribution in [0.3, 0.4) is 0 Å². The zero-order valence-corrected chi connectivity index (χ0v) is 17.2. The van der Waals surface area contributed by atoms with E-state index in [9.17, 15) is 4.79 Å². The number of carbonyl (C=O) groups excluding carboxylic acids is 1. The molecule has 0 aliphatic heterocycles. The van der Waals surface area contributed by atoms with Crippen LogP contribution in [0.2, 0.25) is 5.02 Å². The van der Waals surface area contributed by atoms with E-state index in [1.807, 2.05) is 52.4 Å². The van der Waals surface area contributed by atoms with Crippen LogP contribution in [0.5, 0.6) is 0 Å². The second kappa shape index (κ2) is 7.80. The van der Waals surface area contributed by atoms with Crippen molar-refractivity contribution < 1.29 is 4.79 Å². The first kappa shape index (κ1) is 18.2. The highest BCUT2D eigenvalue weighted by Crippen LogP contribution is 2.22. The van der Waals surface area contributed by atoms with Gasteiger partial charge in [0.05, 0.1) is 11.3 Å². The van der Waals surface area contributed by atoms with E-state index in [-0.39, 0.29) is 5.91 Å². The fourth-order valence-corrected chi connectivity index (χ4v) is 4.11. The molecule has 1 N–H and O–H groups in total. The molecule has 136 valence electrons. The van der Waals surface area contributed by atoms with E-state index in [0.29, 0.717) is 29.4 Å². The Bertz CT molecular complexity index is 1110. The Balaban J connectivity index is 1.46. The number of aromatic nitrogens is 3. The van der Waals surface area contributed by atoms with Crippen LogP contribution in [-0.2, 0) is 6.42 Å². The number of nitrogens with one attached hydrogen (secondary N) is 1. The molecule has 0 bridgehead atoms. The van der Waals surface area contributed by atoms with Crippen molar-refractivity contribution in [1.29, 1.82) is 0 Å². The van der Waals surface area contributed by atoms with Crippen LogP contribution in [0.1, 0.15) is 16.1 Å². The molecular formula is C19H14BrClN4OS. The Labute approximate surface area is 173 Å². The average molecular weight is 462 g/mol. The molecule has 4 rings (SSSR count). The molecule has 2 aromatic heterocycles. The molecule has 27 heavy (non-hydrogen) atoms. The predicted octanol–water partition coefficient (Wildman–Crippen LogP) is 4.85. The van der Waals surface area contributed by atoms with Gasteiger partial charge in [-0.3, -0.25) is 4.79 Å². The van der Waals surface area contributed by atoms with Crippen LogP contribution in [0.25, 0.3) is 16.3 Å². The first-order valence-corrected chi connectivity index (χ1v) is 10.3. The highest BCUT2D eigenvalue weighted by Gasteiger charge is 2.13. The molecule has 0 saturated carbocycles. The second-order valence-corrected chi connectivity index (χ2v) is 7.98. The lowest BCUT2D eigenvalue weighted by molar-refractivity contribution is 0.0953. The minimum atomic E-state index is -0.102. The highest BCUT2D eigenvalue weighted by atomic mass is 79.9. The molecular weight excluding hydrogens is 448 g/mol. The molecule has 0 saturated heterocycles. The fraction of sp³-hybridized carbons (Fsp3) is 0.105. The van der Waals surface area contributed by atoms with Gasteiger partial charge in [-0.1, -0.05) is 23.7 Å². The summed E-state index contributed by atoms with van der Waals surface area (Å²) in [5, 5.41) is 10.2. The standard InChI is InChI=1S/C19H14BrClN4OS/c20-16-4-2-1-3-15(16)18(26)22-10-9-14-11-27-19-23-17(24-25(14)19)12-5-7-13(21)8-6-12/h1-8,11H,9-10H2,(H,22,26). The molecule has 2 heterocycles. The average Bonchev–Trinajstić information content (AvgIpc) is 3.24. The normalized spacial score (nSPS) is 11.0. The summed E-state index contributed by atoms with van der Waals surface area (Å²) in [4.78, 5) is 17.7. The van der Waals surface area contributed by atoms with E-state index in [2.05, 4.69) is 31.3 Å². The van der Waals surface area contributed by atoms with Crippen molar-refractivity contribution in [2.45, 2.75) is 6.42 Å². The molecule has 0 fully saturated rings. The van der Waals surface area contributed by atoms with Gasteiger partial charge >= 0.3 is 0 Å². The number of thiazole rings is 1. The summed E-state index contributed by atoms with van der Waals surface area (Å²) in [6.07, 6.45) is 0.666. The fourth-order valence-electron chi connectivity index (χ4n) is 2.66. The van der Waals surface area contributed by atoms with Crippen molar-refractivity contribution in [3.63, 3.8) is 0 Å². The lowest BCUT2D eigenvalue weighted by Crippen LogP contribution is -2.26. The Morgan fingerprint density at radius 2 is 1.96 bits per heavy atom. The van der Waals surface area contributed by atoms with Gasteiger partial charge in [-0.2, -0.15) is 4.98 Å². The van der Waals surface area contributed by atoms with Gasteiger partial charge in [0, 0.05) is 33.4 Å². The highest BCUT2D eigenvalue weighted by molar-refractivity contribution is 9.10. The summed E-state index contributed by atoms with van der Waals surface area (Å²) < 4.78 is 2.61. The summed E-state index contributed by atoms with van der Waals surface area (Å²) in [5.74, 6) is 0.561. The minimum Gasteiger partial charge on any atom is -0.352 e. The lowest BCUT2D eigenvalue weighted by atomic mass is 10.2. The zero-order valence-electron chi connectivity index (χ0n) is 14.0. The largest absolute Gasteiger partial charge is 0.352 e. The van der Waals surface area contributed by atoms with Gasteiger partial charge < -0.3 is 5.32 Å². The van der Waals surface area contributed by atoms with Crippen molar-refractivity contribution in [2.75, 3.05) is 6.54 Å². The van der Waals surface area contributed by atoms with E-state index >= 15 is 0 Å². The van der Waals surface area contributed by atoms with Gasteiger partial charge in [0.2, 0.25) is 4.96 Å². The van der Waals surface area contributed by atoms with Gasteiger partial charge in [-0.25, -0.2) is 4.52 Å². The summed E-state index contributed by atoms with van der Waals surface area (Å²) in [5.41, 5.74) is 2.55. The number of carbonyl (C=O) groups is 1. The third-order valence-electron chi connectivity index (χ3n) is 4.04. The van der Waals surface area contributed by atoms with Gasteiger partial charge in [0.15, 0.2) is 5.82 Å². The topological polar surface area (TPSA) is 59.3 Å². The van der Waals surface area contributed by atoms with Gasteiger partial charge in [-0.05, 0) is 52.3 Å². The number of hydrogen-bond donors (Lipinski definition) is 1. The smallest absolute Gasteiger partial charge is 0.252 e. The molecule has 0 aliphatic carbocycles. The number of hydrogen-bond acceptors (Lipinski definition) is 4. The molecule has 4 aromatic rings. The minimum absolute atomic E-state index is 0.102. The Hall–Kier alpha value is -2.22. The summed E-state index contributed by atoms with van der Waals surface area (Å²) in [7, 11) is 0. The zero-order chi connectivity index (χ0) is 18.8. The Kier molecular flexibility index (Phi) is 5.24. The van der Waals surface area contributed by atoms with Gasteiger partial charge in [-0.15, -0.1) is 16.4 Å². The van der Waals surface area contributed by atoms with E-state index in [0.717, 1.165) is 20.7 Å². The van der Waals surface area contributed by atoms with Crippen LogP contribution in [-0.4, -0.2) is 27.0 Å². The first-order valence-electron chi connectivity index (χ1n) is 8.23. The van der Waals surface area contributed by atoms with Crippen LogP contribution in [0.15, 0.2) is 58.4 Å². The molecule has 0 spiro atoms. The Morgan fingerprint density at radius 3 is 2.74 bits per heavy atom. The van der Waals surface area contributed by atoms with Gasteiger partial charge in [0.1, 0.15) is 0 Å². The van der Waals surface area contributed by atoms with Crippen molar-refractivity contribution in [3.05, 3.63) is 74.7 Å².